The summed E-state index contributed by atoms with van der Waals surface area (Å²) in [6.45, 7) is 3.64. The van der Waals surface area contributed by atoms with Crippen molar-refractivity contribution in [3.63, 3.8) is 0 Å². The van der Waals surface area contributed by atoms with Crippen molar-refractivity contribution in [3.05, 3.63) is 65.5 Å². The van der Waals surface area contributed by atoms with Gasteiger partial charge in [-0.3, -0.25) is 13.9 Å². The first-order chi connectivity index (χ1) is 15.6. The third-order valence-electron chi connectivity index (χ3n) is 5.50. The van der Waals surface area contributed by atoms with E-state index < -0.39 is 21.9 Å². The summed E-state index contributed by atoms with van der Waals surface area (Å²) in [5.74, 6) is -1.18. The quantitative estimate of drug-likeness (QED) is 0.539. The number of hydrogen-bond acceptors (Lipinski definition) is 4. The number of benzene rings is 2. The molecule has 1 N–H and O–H groups in total. The van der Waals surface area contributed by atoms with Gasteiger partial charge < -0.3 is 10.2 Å². The molecule has 2 amide bonds. The molecule has 7 nitrogen and oxygen atoms in total. The molecule has 180 valence electrons. The third kappa shape index (κ3) is 7.28. The highest BCUT2D eigenvalue weighted by Crippen LogP contribution is 2.20. The van der Waals surface area contributed by atoms with E-state index in [-0.39, 0.29) is 37.7 Å². The smallest absolute Gasteiger partial charge is 0.242 e. The Labute approximate surface area is 195 Å². The monoisotopic (exact) mass is 477 g/mol. The van der Waals surface area contributed by atoms with E-state index in [1.807, 2.05) is 19.1 Å². The summed E-state index contributed by atoms with van der Waals surface area (Å²) in [7, 11) is -2.08. The average molecular weight is 478 g/mol. The molecule has 1 atom stereocenters. The summed E-state index contributed by atoms with van der Waals surface area (Å²) in [5.41, 5.74) is 1.92. The SMILES string of the molecule is CCc1ccc(N(CCCC(=O)N(Cc2ccccc2F)[C@H](C)C(=O)NC)S(C)(=O)=O)cc1. The molecule has 0 unspecified atom stereocenters. The van der Waals surface area contributed by atoms with Gasteiger partial charge in [0.2, 0.25) is 21.8 Å². The van der Waals surface area contributed by atoms with Crippen molar-refractivity contribution in [1.29, 1.82) is 0 Å². The van der Waals surface area contributed by atoms with Gasteiger partial charge in [0.25, 0.3) is 0 Å². The molecule has 0 fully saturated rings. The molecular weight excluding hydrogens is 445 g/mol. The van der Waals surface area contributed by atoms with Gasteiger partial charge >= 0.3 is 0 Å². The van der Waals surface area contributed by atoms with Crippen molar-refractivity contribution < 1.29 is 22.4 Å². The first-order valence-electron chi connectivity index (χ1n) is 10.9. The van der Waals surface area contributed by atoms with Crippen LogP contribution in [0.3, 0.4) is 0 Å². The normalized spacial score (nSPS) is 12.2. The molecule has 0 aliphatic rings. The van der Waals surface area contributed by atoms with Gasteiger partial charge in [-0.15, -0.1) is 0 Å². The first-order valence-corrected chi connectivity index (χ1v) is 12.7. The van der Waals surface area contributed by atoms with Gasteiger partial charge in [-0.1, -0.05) is 37.3 Å². The number of amides is 2. The van der Waals surface area contributed by atoms with E-state index in [9.17, 15) is 22.4 Å². The lowest BCUT2D eigenvalue weighted by atomic mass is 10.1. The predicted molar refractivity (Wildman–Crippen MR) is 128 cm³/mol. The molecule has 0 saturated heterocycles. The molecule has 33 heavy (non-hydrogen) atoms. The van der Waals surface area contributed by atoms with Crippen LogP contribution in [-0.4, -0.2) is 51.0 Å². The van der Waals surface area contributed by atoms with Crippen LogP contribution in [-0.2, 0) is 32.6 Å². The largest absolute Gasteiger partial charge is 0.357 e. The van der Waals surface area contributed by atoms with E-state index in [4.69, 9.17) is 0 Å². The number of rotatable bonds is 11. The molecule has 0 radical (unpaired) electrons. The summed E-state index contributed by atoms with van der Waals surface area (Å²) in [5, 5.41) is 2.51. The Bertz CT molecular complexity index is 1060. The van der Waals surface area contributed by atoms with Crippen LogP contribution in [0.15, 0.2) is 48.5 Å². The van der Waals surface area contributed by atoms with Gasteiger partial charge in [0.1, 0.15) is 11.9 Å². The molecule has 0 heterocycles. The number of sulfonamides is 1. The second-order valence-corrected chi connectivity index (χ2v) is 9.77. The molecule has 0 saturated carbocycles. The van der Waals surface area contributed by atoms with Crippen LogP contribution in [0.2, 0.25) is 0 Å². The molecule has 0 aliphatic heterocycles. The fraction of sp³-hybridized carbons (Fsp3) is 0.417. The highest BCUT2D eigenvalue weighted by Gasteiger charge is 2.26. The summed E-state index contributed by atoms with van der Waals surface area (Å²) >= 11 is 0. The van der Waals surface area contributed by atoms with E-state index in [0.29, 0.717) is 11.3 Å². The zero-order chi connectivity index (χ0) is 24.6. The fourth-order valence-corrected chi connectivity index (χ4v) is 4.47. The van der Waals surface area contributed by atoms with Crippen molar-refractivity contribution in [2.45, 2.75) is 45.7 Å². The topological polar surface area (TPSA) is 86.8 Å². The number of nitrogens with zero attached hydrogens (tertiary/aromatic N) is 2. The lowest BCUT2D eigenvalue weighted by Gasteiger charge is -2.29. The standard InChI is InChI=1S/C24H32FN3O4S/c1-5-19-12-14-21(15-13-19)28(33(4,31)32)16-8-11-23(29)27(18(2)24(30)26-3)17-20-9-6-7-10-22(20)25/h6-7,9-10,12-15,18H,5,8,11,16-17H2,1-4H3,(H,26,30)/t18-/m1/s1. The van der Waals surface area contributed by atoms with E-state index in [2.05, 4.69) is 5.32 Å². The van der Waals surface area contributed by atoms with Crippen molar-refractivity contribution >= 4 is 27.5 Å². The minimum absolute atomic E-state index is 0.00878. The zero-order valence-corrected chi connectivity index (χ0v) is 20.4. The molecule has 2 aromatic carbocycles. The van der Waals surface area contributed by atoms with Gasteiger partial charge in [0, 0.05) is 32.1 Å². The van der Waals surface area contributed by atoms with E-state index in [1.165, 1.54) is 22.3 Å². The Hall–Kier alpha value is -2.94. The van der Waals surface area contributed by atoms with Gasteiger partial charge in [-0.2, -0.15) is 0 Å². The van der Waals surface area contributed by atoms with Gasteiger partial charge in [-0.25, -0.2) is 12.8 Å². The predicted octanol–water partition coefficient (Wildman–Crippen LogP) is 3.10. The van der Waals surface area contributed by atoms with Gasteiger partial charge in [0.05, 0.1) is 11.9 Å². The summed E-state index contributed by atoms with van der Waals surface area (Å²) < 4.78 is 40.1. The number of halogens is 1. The lowest BCUT2D eigenvalue weighted by molar-refractivity contribution is -0.140. The highest BCUT2D eigenvalue weighted by molar-refractivity contribution is 7.92. The van der Waals surface area contributed by atoms with Gasteiger partial charge in [-0.05, 0) is 43.5 Å². The van der Waals surface area contributed by atoms with Crippen molar-refractivity contribution in [2.75, 3.05) is 24.2 Å². The number of hydrogen-bond donors (Lipinski definition) is 1. The molecule has 9 heteroatoms. The number of carbonyl (C=O) groups is 2. The van der Waals surface area contributed by atoms with E-state index >= 15 is 0 Å². The van der Waals surface area contributed by atoms with Crippen LogP contribution < -0.4 is 9.62 Å². The maximum absolute atomic E-state index is 14.2. The third-order valence-corrected chi connectivity index (χ3v) is 6.69. The second kappa shape index (κ2) is 11.8. The molecule has 0 spiro atoms. The van der Waals surface area contributed by atoms with Crippen LogP contribution in [0, 0.1) is 5.82 Å². The number of anilines is 1. The molecule has 0 aromatic heterocycles. The molecule has 2 rings (SSSR count). The number of nitrogens with one attached hydrogen (secondary N) is 1. The maximum atomic E-state index is 14.2. The molecule has 2 aromatic rings. The Kier molecular flexibility index (Phi) is 9.40. The average Bonchev–Trinajstić information content (AvgIpc) is 2.79. The van der Waals surface area contributed by atoms with Crippen LogP contribution in [0.5, 0.6) is 0 Å². The lowest BCUT2D eigenvalue weighted by Crippen LogP contribution is -2.47. The second-order valence-electron chi connectivity index (χ2n) is 7.86. The summed E-state index contributed by atoms with van der Waals surface area (Å²) in [6, 6.07) is 12.5. The van der Waals surface area contributed by atoms with Crippen LogP contribution in [0.25, 0.3) is 0 Å². The van der Waals surface area contributed by atoms with E-state index in [0.717, 1.165) is 18.2 Å². The maximum Gasteiger partial charge on any atom is 0.242 e. The van der Waals surface area contributed by atoms with Crippen LogP contribution in [0.4, 0.5) is 10.1 Å². The zero-order valence-electron chi connectivity index (χ0n) is 19.5. The molecule has 0 bridgehead atoms. The number of aryl methyl sites for hydroxylation is 1. The van der Waals surface area contributed by atoms with Gasteiger partial charge in [0.15, 0.2) is 0 Å². The minimum Gasteiger partial charge on any atom is -0.357 e. The summed E-state index contributed by atoms with van der Waals surface area (Å²) in [4.78, 5) is 26.5. The van der Waals surface area contributed by atoms with E-state index in [1.54, 1.807) is 37.3 Å². The van der Waals surface area contributed by atoms with Crippen molar-refractivity contribution in [1.82, 2.24) is 10.2 Å². The van der Waals surface area contributed by atoms with Crippen molar-refractivity contribution in [3.8, 4) is 0 Å². The Balaban J connectivity index is 2.14. The Morgan fingerprint density at radius 2 is 1.73 bits per heavy atom. The number of carbonyl (C=O) groups excluding carboxylic acids is 2. The highest BCUT2D eigenvalue weighted by atomic mass is 32.2. The Morgan fingerprint density at radius 1 is 1.09 bits per heavy atom. The van der Waals surface area contributed by atoms with Crippen molar-refractivity contribution in [2.24, 2.45) is 0 Å². The first kappa shape index (κ1) is 26.3. The van der Waals surface area contributed by atoms with Crippen LogP contribution in [0.1, 0.15) is 37.8 Å². The fourth-order valence-electron chi connectivity index (χ4n) is 3.50. The summed E-state index contributed by atoms with van der Waals surface area (Å²) in [6.07, 6.45) is 2.22. The molecule has 0 aliphatic carbocycles. The molecular formula is C24H32FN3O4S. The minimum atomic E-state index is -3.55. The Morgan fingerprint density at radius 3 is 2.27 bits per heavy atom. The van der Waals surface area contributed by atoms with Crippen LogP contribution >= 0.6 is 0 Å². The number of likely N-dealkylation sites (N-methyl/N-ethyl adjacent to an activating group) is 1.